The van der Waals surface area contributed by atoms with Crippen molar-refractivity contribution in [3.05, 3.63) is 59.7 Å². The summed E-state index contributed by atoms with van der Waals surface area (Å²) < 4.78 is 5.45. The Morgan fingerprint density at radius 2 is 2.09 bits per heavy atom. The summed E-state index contributed by atoms with van der Waals surface area (Å²) in [7, 11) is 0. The molecule has 1 aromatic carbocycles. The maximum atomic E-state index is 9.87. The number of imidazole rings is 1. The van der Waals surface area contributed by atoms with E-state index in [1.54, 1.807) is 12.3 Å². The van der Waals surface area contributed by atoms with Gasteiger partial charge in [-0.15, -0.1) is 0 Å². The molecule has 23 heavy (non-hydrogen) atoms. The fourth-order valence-corrected chi connectivity index (χ4v) is 2.27. The summed E-state index contributed by atoms with van der Waals surface area (Å²) >= 11 is 0. The van der Waals surface area contributed by atoms with Gasteiger partial charge in [0.1, 0.15) is 5.82 Å². The fraction of sp³-hybridized carbons (Fsp3) is 0.421. The van der Waals surface area contributed by atoms with Crippen molar-refractivity contribution in [1.29, 1.82) is 0 Å². The minimum atomic E-state index is -0.556. The van der Waals surface area contributed by atoms with Crippen LogP contribution in [0.2, 0.25) is 0 Å². The summed E-state index contributed by atoms with van der Waals surface area (Å²) in [6.07, 6.45) is 11.0. The molecule has 1 heterocycles. The number of aliphatic hydroxyl groups excluding tert-OH is 1. The minimum Gasteiger partial charge on any atom is -0.387 e. The summed E-state index contributed by atoms with van der Waals surface area (Å²) in [4.78, 5) is 7.32. The number of aromatic amines is 1. The SMILES string of the molecule is CCCCCOCC(O)/C=C/c1ccc(Cc2ncc[nH]2)cc1. The minimum absolute atomic E-state index is 0.358. The molecule has 4 nitrogen and oxygen atoms in total. The number of aromatic nitrogens is 2. The molecule has 4 heteroatoms. The van der Waals surface area contributed by atoms with Crippen molar-refractivity contribution in [3.63, 3.8) is 0 Å². The van der Waals surface area contributed by atoms with E-state index in [0.717, 1.165) is 30.8 Å². The van der Waals surface area contributed by atoms with Crippen molar-refractivity contribution in [3.8, 4) is 0 Å². The van der Waals surface area contributed by atoms with Gasteiger partial charge in [0.2, 0.25) is 0 Å². The van der Waals surface area contributed by atoms with E-state index < -0.39 is 6.10 Å². The second-order valence-corrected chi connectivity index (χ2v) is 5.66. The maximum absolute atomic E-state index is 9.87. The van der Waals surface area contributed by atoms with Crippen LogP contribution in [-0.4, -0.2) is 34.4 Å². The maximum Gasteiger partial charge on any atom is 0.110 e. The first-order valence-electron chi connectivity index (χ1n) is 8.29. The van der Waals surface area contributed by atoms with Gasteiger partial charge in [0.05, 0.1) is 12.7 Å². The molecular formula is C19H26N2O2. The highest BCUT2D eigenvalue weighted by atomic mass is 16.5. The van der Waals surface area contributed by atoms with Gasteiger partial charge in [0, 0.05) is 25.4 Å². The second kappa shape index (κ2) is 9.98. The van der Waals surface area contributed by atoms with E-state index in [0.29, 0.717) is 6.61 Å². The van der Waals surface area contributed by atoms with Crippen LogP contribution in [0.4, 0.5) is 0 Å². The number of unbranched alkanes of at least 4 members (excludes halogenated alkanes) is 2. The van der Waals surface area contributed by atoms with Crippen molar-refractivity contribution in [2.75, 3.05) is 13.2 Å². The smallest absolute Gasteiger partial charge is 0.110 e. The van der Waals surface area contributed by atoms with E-state index in [2.05, 4.69) is 29.0 Å². The molecule has 0 aliphatic rings. The molecule has 0 saturated carbocycles. The zero-order chi connectivity index (χ0) is 16.3. The van der Waals surface area contributed by atoms with Crippen LogP contribution < -0.4 is 0 Å². The lowest BCUT2D eigenvalue weighted by atomic mass is 10.1. The van der Waals surface area contributed by atoms with Gasteiger partial charge in [-0.1, -0.05) is 56.2 Å². The van der Waals surface area contributed by atoms with E-state index in [1.165, 1.54) is 18.4 Å². The molecule has 0 amide bonds. The number of nitrogens with one attached hydrogen (secondary N) is 1. The Morgan fingerprint density at radius 1 is 1.26 bits per heavy atom. The van der Waals surface area contributed by atoms with Gasteiger partial charge in [0.15, 0.2) is 0 Å². The average Bonchev–Trinajstić information content (AvgIpc) is 3.07. The largest absolute Gasteiger partial charge is 0.387 e. The van der Waals surface area contributed by atoms with E-state index in [-0.39, 0.29) is 0 Å². The molecule has 124 valence electrons. The van der Waals surface area contributed by atoms with Crippen LogP contribution in [0.15, 0.2) is 42.7 Å². The highest BCUT2D eigenvalue weighted by Gasteiger charge is 2.00. The number of benzene rings is 1. The molecule has 0 aliphatic carbocycles. The van der Waals surface area contributed by atoms with Crippen LogP contribution in [0.25, 0.3) is 6.08 Å². The zero-order valence-corrected chi connectivity index (χ0v) is 13.7. The third kappa shape index (κ3) is 6.80. The first-order valence-corrected chi connectivity index (χ1v) is 8.29. The van der Waals surface area contributed by atoms with Crippen LogP contribution in [0.5, 0.6) is 0 Å². The summed E-state index contributed by atoms with van der Waals surface area (Å²) in [6, 6.07) is 8.25. The molecule has 0 bridgehead atoms. The number of rotatable bonds is 10. The van der Waals surface area contributed by atoms with Crippen LogP contribution in [0.3, 0.4) is 0 Å². The fourth-order valence-electron chi connectivity index (χ4n) is 2.27. The molecule has 1 aromatic heterocycles. The molecule has 0 spiro atoms. The summed E-state index contributed by atoms with van der Waals surface area (Å²) in [5.41, 5.74) is 2.27. The standard InChI is InChI=1S/C19H26N2O2/c1-2-3-4-13-23-15-18(22)10-9-16-5-7-17(8-6-16)14-19-20-11-12-21-19/h5-12,18,22H,2-4,13-15H2,1H3,(H,20,21)/b10-9+. The molecule has 0 saturated heterocycles. The molecule has 0 fully saturated rings. The lowest BCUT2D eigenvalue weighted by molar-refractivity contribution is 0.0581. The lowest BCUT2D eigenvalue weighted by Gasteiger charge is -2.07. The van der Waals surface area contributed by atoms with Gasteiger partial charge in [0.25, 0.3) is 0 Å². The number of hydrogen-bond acceptors (Lipinski definition) is 3. The highest BCUT2D eigenvalue weighted by Crippen LogP contribution is 2.10. The van der Waals surface area contributed by atoms with Crippen molar-refractivity contribution in [2.45, 2.75) is 38.7 Å². The number of hydrogen-bond donors (Lipinski definition) is 2. The Hall–Kier alpha value is -1.91. The predicted octanol–water partition coefficient (Wildman–Crippen LogP) is 3.58. The van der Waals surface area contributed by atoms with E-state index in [1.807, 2.05) is 24.4 Å². The molecular weight excluding hydrogens is 288 g/mol. The third-order valence-electron chi connectivity index (χ3n) is 3.60. The van der Waals surface area contributed by atoms with Crippen molar-refractivity contribution >= 4 is 6.08 Å². The Morgan fingerprint density at radius 3 is 2.78 bits per heavy atom. The number of H-pyrrole nitrogens is 1. The molecule has 2 N–H and O–H groups in total. The van der Waals surface area contributed by atoms with Crippen LogP contribution in [-0.2, 0) is 11.2 Å². The Labute approximate surface area is 138 Å². The Kier molecular flexibility index (Phi) is 7.57. The van der Waals surface area contributed by atoms with Gasteiger partial charge in [-0.2, -0.15) is 0 Å². The Bertz CT molecular complexity index is 562. The first-order chi connectivity index (χ1) is 11.3. The Balaban J connectivity index is 1.73. The topological polar surface area (TPSA) is 58.1 Å². The second-order valence-electron chi connectivity index (χ2n) is 5.66. The van der Waals surface area contributed by atoms with Crippen LogP contribution in [0, 0.1) is 0 Å². The highest BCUT2D eigenvalue weighted by molar-refractivity contribution is 5.50. The third-order valence-corrected chi connectivity index (χ3v) is 3.60. The monoisotopic (exact) mass is 314 g/mol. The summed E-state index contributed by atoms with van der Waals surface area (Å²) in [5, 5.41) is 9.87. The van der Waals surface area contributed by atoms with Crippen molar-refractivity contribution < 1.29 is 9.84 Å². The first kappa shape index (κ1) is 17.4. The van der Waals surface area contributed by atoms with Crippen LogP contribution in [0.1, 0.15) is 43.1 Å². The number of aliphatic hydroxyl groups is 1. The number of nitrogens with zero attached hydrogens (tertiary/aromatic N) is 1. The molecule has 0 aliphatic heterocycles. The van der Waals surface area contributed by atoms with Crippen molar-refractivity contribution in [1.82, 2.24) is 9.97 Å². The van der Waals surface area contributed by atoms with E-state index in [4.69, 9.17) is 4.74 Å². The summed E-state index contributed by atoms with van der Waals surface area (Å²) in [5.74, 6) is 0.962. The summed E-state index contributed by atoms with van der Waals surface area (Å²) in [6.45, 7) is 3.24. The molecule has 2 rings (SSSR count). The lowest BCUT2D eigenvalue weighted by Crippen LogP contribution is -2.12. The van der Waals surface area contributed by atoms with Gasteiger partial charge >= 0.3 is 0 Å². The van der Waals surface area contributed by atoms with E-state index >= 15 is 0 Å². The van der Waals surface area contributed by atoms with Crippen molar-refractivity contribution in [2.24, 2.45) is 0 Å². The van der Waals surface area contributed by atoms with Gasteiger partial charge in [-0.3, -0.25) is 0 Å². The average molecular weight is 314 g/mol. The molecule has 1 unspecified atom stereocenters. The van der Waals surface area contributed by atoms with E-state index in [9.17, 15) is 5.11 Å². The molecule has 0 radical (unpaired) electrons. The predicted molar refractivity (Wildman–Crippen MR) is 93.2 cm³/mol. The van der Waals surface area contributed by atoms with Gasteiger partial charge in [-0.05, 0) is 17.5 Å². The quantitative estimate of drug-likeness (QED) is 0.659. The molecule has 2 aromatic rings. The normalized spacial score (nSPS) is 12.8. The zero-order valence-electron chi connectivity index (χ0n) is 13.7. The van der Waals surface area contributed by atoms with Gasteiger partial charge < -0.3 is 14.8 Å². The van der Waals surface area contributed by atoms with Gasteiger partial charge in [-0.25, -0.2) is 4.98 Å². The number of ether oxygens (including phenoxy) is 1. The molecule has 1 atom stereocenters. The van der Waals surface area contributed by atoms with Crippen LogP contribution >= 0.6 is 0 Å².